The highest BCUT2D eigenvalue weighted by Crippen LogP contribution is 2.44. The van der Waals surface area contributed by atoms with Crippen molar-refractivity contribution >= 4 is 88.4 Å². The molecule has 0 unspecified atom stereocenters. The number of halogens is 1. The number of hydrogen-bond donors (Lipinski definition) is 4. The van der Waals surface area contributed by atoms with Gasteiger partial charge < -0.3 is 24.8 Å². The summed E-state index contributed by atoms with van der Waals surface area (Å²) < 4.78 is 64.6. The van der Waals surface area contributed by atoms with Gasteiger partial charge in [0.15, 0.2) is 5.82 Å². The maximum atomic E-state index is 14.4. The first-order valence-corrected chi connectivity index (χ1v) is 26.0. The van der Waals surface area contributed by atoms with E-state index in [1.54, 1.807) is 35.4 Å². The maximum absolute atomic E-state index is 14.4. The summed E-state index contributed by atoms with van der Waals surface area (Å²) in [6.45, 7) is 9.87. The van der Waals surface area contributed by atoms with Crippen molar-refractivity contribution in [1.82, 2.24) is 19.6 Å². The predicted molar refractivity (Wildman–Crippen MR) is 261 cm³/mol. The van der Waals surface area contributed by atoms with Crippen molar-refractivity contribution in [2.45, 2.75) is 50.8 Å². The van der Waals surface area contributed by atoms with Crippen LogP contribution in [0.5, 0.6) is 0 Å². The van der Waals surface area contributed by atoms with Crippen LogP contribution in [0.4, 0.5) is 34.3 Å². The average molecular weight is 973 g/mol. The van der Waals surface area contributed by atoms with Gasteiger partial charge in [-0.1, -0.05) is 43.2 Å². The van der Waals surface area contributed by atoms with Gasteiger partial charge in [0, 0.05) is 87.4 Å². The molecule has 20 heteroatoms. The first-order chi connectivity index (χ1) is 32.0. The Bertz CT molecular complexity index is 2970. The van der Waals surface area contributed by atoms with Crippen LogP contribution in [0.2, 0.25) is 5.02 Å². The van der Waals surface area contributed by atoms with Crippen LogP contribution >= 0.6 is 11.6 Å². The molecule has 0 atom stereocenters. The number of allylic oxidation sites excluding steroid dienone is 1. The quantitative estimate of drug-likeness (QED) is 0.0696. The van der Waals surface area contributed by atoms with Gasteiger partial charge in [-0.3, -0.25) is 24.5 Å². The van der Waals surface area contributed by atoms with Crippen LogP contribution in [-0.4, -0.2) is 107 Å². The van der Waals surface area contributed by atoms with Crippen LogP contribution in [0.15, 0.2) is 89.5 Å². The fourth-order valence-electron chi connectivity index (χ4n) is 9.48. The first-order valence-electron chi connectivity index (χ1n) is 22.5. The van der Waals surface area contributed by atoms with E-state index in [0.29, 0.717) is 54.6 Å². The van der Waals surface area contributed by atoms with E-state index < -0.39 is 41.5 Å². The Labute approximate surface area is 395 Å². The number of amides is 1. The Kier molecular flexibility index (Phi) is 13.0. The van der Waals surface area contributed by atoms with Crippen molar-refractivity contribution in [2.75, 3.05) is 84.6 Å². The molecule has 4 N–H and O–H groups in total. The number of nitrogens with zero attached hydrogens (tertiary/aromatic N) is 5. The molecule has 1 amide bonds. The van der Waals surface area contributed by atoms with Crippen molar-refractivity contribution in [3.05, 3.63) is 111 Å². The van der Waals surface area contributed by atoms with Gasteiger partial charge in [-0.2, -0.15) is 0 Å². The molecule has 4 aliphatic rings. The van der Waals surface area contributed by atoms with Crippen LogP contribution in [0.1, 0.15) is 61.9 Å². The molecule has 3 aromatic carbocycles. The van der Waals surface area contributed by atoms with Crippen molar-refractivity contribution in [2.24, 2.45) is 11.3 Å². The average Bonchev–Trinajstić information content (AvgIpc) is 3.71. The molecule has 0 radical (unpaired) electrons. The topological polar surface area (TPSA) is 212 Å². The number of fused-ring (bicyclic) bond motifs is 2. The lowest BCUT2D eigenvalue weighted by molar-refractivity contribution is -0.384. The summed E-state index contributed by atoms with van der Waals surface area (Å²) in [6.07, 6.45) is 6.37. The van der Waals surface area contributed by atoms with E-state index in [1.807, 2.05) is 12.1 Å². The molecular formula is C47H54ClN9O8S2. The lowest BCUT2D eigenvalue weighted by Gasteiger charge is -2.39. The number of nitro benzene ring substituents is 1. The SMILES string of the molecule is CC1(C)CCC(CN2CCN(c3ccc(C(=O)NS(=O)(=O)c4ccc(NCC5CCOCC5)c([N+](=O)[O-])c4)c(N4CCS(=O)(=O)Nc5nc6[nH]ccc6cc54)c3)CC2)=C(c2ccc(Cl)cc2)C1. The molecule has 1 aliphatic carbocycles. The maximum Gasteiger partial charge on any atom is 0.293 e. The van der Waals surface area contributed by atoms with Gasteiger partial charge in [-0.05, 0) is 109 Å². The summed E-state index contributed by atoms with van der Waals surface area (Å²) in [4.78, 5) is 39.4. The smallest absolute Gasteiger partial charge is 0.293 e. The monoisotopic (exact) mass is 971 g/mol. The second-order valence-corrected chi connectivity index (χ2v) is 22.5. The zero-order valence-corrected chi connectivity index (χ0v) is 39.8. The molecule has 0 spiro atoms. The van der Waals surface area contributed by atoms with Gasteiger partial charge in [-0.25, -0.2) is 26.5 Å². The molecule has 3 aliphatic heterocycles. The Morgan fingerprint density at radius 1 is 0.985 bits per heavy atom. The van der Waals surface area contributed by atoms with Crippen LogP contribution in [0.3, 0.4) is 0 Å². The summed E-state index contributed by atoms with van der Waals surface area (Å²) in [7, 11) is -8.55. The molecule has 2 fully saturated rings. The van der Waals surface area contributed by atoms with E-state index in [-0.39, 0.29) is 46.4 Å². The summed E-state index contributed by atoms with van der Waals surface area (Å²) in [5.41, 5.74) is 5.68. The van der Waals surface area contributed by atoms with Gasteiger partial charge in [0.1, 0.15) is 11.3 Å². The van der Waals surface area contributed by atoms with Gasteiger partial charge >= 0.3 is 0 Å². The van der Waals surface area contributed by atoms with E-state index in [2.05, 4.69) is 60.5 Å². The fraction of sp³-hybridized carbons (Fsp3) is 0.404. The third kappa shape index (κ3) is 10.4. The van der Waals surface area contributed by atoms with Crippen molar-refractivity contribution in [3.63, 3.8) is 0 Å². The second kappa shape index (κ2) is 18.7. The molecule has 354 valence electrons. The number of aromatic nitrogens is 2. The summed E-state index contributed by atoms with van der Waals surface area (Å²) in [5, 5.41) is 16.7. The highest BCUT2D eigenvalue weighted by atomic mass is 35.5. The Morgan fingerprint density at radius 2 is 1.75 bits per heavy atom. The highest BCUT2D eigenvalue weighted by Gasteiger charge is 2.33. The lowest BCUT2D eigenvalue weighted by atomic mass is 9.72. The minimum absolute atomic E-state index is 0.0432. The Hall–Kier alpha value is -5.73. The number of ether oxygens (including phenoxy) is 1. The number of anilines is 5. The number of carbonyl (C=O) groups excluding carboxylic acids is 1. The van der Waals surface area contributed by atoms with Gasteiger partial charge in [0.2, 0.25) is 10.0 Å². The Balaban J connectivity index is 1.01. The zero-order chi connectivity index (χ0) is 47.1. The van der Waals surface area contributed by atoms with E-state index >= 15 is 0 Å². The third-order valence-corrected chi connectivity index (χ3v) is 16.1. The molecule has 17 nitrogen and oxygen atoms in total. The van der Waals surface area contributed by atoms with E-state index in [9.17, 15) is 31.7 Å². The molecule has 2 saturated heterocycles. The number of carbonyl (C=O) groups is 1. The number of piperazine rings is 1. The molecule has 5 aromatic rings. The normalized spacial score (nSPS) is 19.1. The third-order valence-electron chi connectivity index (χ3n) is 13.3. The minimum Gasteiger partial charge on any atom is -0.381 e. The van der Waals surface area contributed by atoms with Crippen molar-refractivity contribution < 1.29 is 31.3 Å². The minimum atomic E-state index is -4.67. The van der Waals surface area contributed by atoms with Crippen molar-refractivity contribution in [1.29, 1.82) is 0 Å². The molecule has 5 heterocycles. The number of aromatic amines is 1. The number of H-pyrrole nitrogens is 1. The van der Waals surface area contributed by atoms with Crippen molar-refractivity contribution in [3.8, 4) is 0 Å². The standard InChI is InChI=1S/C47H54ClN9O8S2/c1-47(2)15-11-34(39(28-47)32-3-5-35(48)6-4-32)30-54-17-19-55(20-18-54)36-7-9-38(41(26-36)56-21-24-66(61,62)52-45-43(56)25-33-12-16-49-44(33)51-45)46(58)53-67(63,64)37-8-10-40(42(27-37)57(59)60)50-29-31-13-22-65-23-14-31/h3-10,12,16,25-27,31,50H,11,13-15,17-24,28-30H2,1-2H3,(H,53,58)(H2,49,51,52). The number of benzene rings is 3. The lowest BCUT2D eigenvalue weighted by Crippen LogP contribution is -2.47. The van der Waals surface area contributed by atoms with Crippen LogP contribution in [-0.2, 0) is 24.8 Å². The fourth-order valence-corrected chi connectivity index (χ4v) is 11.6. The van der Waals surface area contributed by atoms with E-state index in [4.69, 9.17) is 16.3 Å². The largest absolute Gasteiger partial charge is 0.381 e. The second-order valence-electron chi connectivity index (χ2n) is 18.5. The van der Waals surface area contributed by atoms with Gasteiger partial charge in [0.05, 0.1) is 32.5 Å². The molecule has 2 aromatic heterocycles. The van der Waals surface area contributed by atoms with Gasteiger partial charge in [0.25, 0.3) is 21.6 Å². The number of nitro groups is 1. The summed E-state index contributed by atoms with van der Waals surface area (Å²) in [5.74, 6) is -1.08. The summed E-state index contributed by atoms with van der Waals surface area (Å²) >= 11 is 6.26. The number of nitrogens with one attached hydrogen (secondary N) is 4. The summed E-state index contributed by atoms with van der Waals surface area (Å²) in [6, 6.07) is 20.2. The molecule has 0 bridgehead atoms. The number of hydrogen-bond acceptors (Lipinski definition) is 13. The highest BCUT2D eigenvalue weighted by molar-refractivity contribution is 7.92. The van der Waals surface area contributed by atoms with E-state index in [0.717, 1.165) is 63.5 Å². The molecule has 9 rings (SSSR count). The van der Waals surface area contributed by atoms with Gasteiger partial charge in [-0.15, -0.1) is 0 Å². The predicted octanol–water partition coefficient (Wildman–Crippen LogP) is 7.76. The number of sulfonamides is 2. The molecule has 67 heavy (non-hydrogen) atoms. The van der Waals surface area contributed by atoms with Crippen LogP contribution in [0, 0.1) is 21.4 Å². The van der Waals surface area contributed by atoms with E-state index in [1.165, 1.54) is 34.9 Å². The zero-order valence-electron chi connectivity index (χ0n) is 37.4. The van der Waals surface area contributed by atoms with Crippen LogP contribution < -0.4 is 24.6 Å². The Morgan fingerprint density at radius 3 is 2.49 bits per heavy atom. The van der Waals surface area contributed by atoms with Crippen LogP contribution in [0.25, 0.3) is 16.6 Å². The number of pyridine rings is 1. The number of rotatable bonds is 12. The first kappa shape index (κ1) is 46.4. The molecule has 0 saturated carbocycles. The molecular weight excluding hydrogens is 918 g/mol.